The molecule has 1 aromatic carbocycles. The highest BCUT2D eigenvalue weighted by molar-refractivity contribution is 8.02. The Labute approximate surface area is 188 Å². The summed E-state index contributed by atoms with van der Waals surface area (Å²) in [5.41, 5.74) is 2.77. The number of alkyl halides is 1. The van der Waals surface area contributed by atoms with E-state index in [4.69, 9.17) is 0 Å². The zero-order valence-corrected chi connectivity index (χ0v) is 19.5. The number of benzene rings is 1. The van der Waals surface area contributed by atoms with Crippen molar-refractivity contribution in [3.8, 4) is 0 Å². The van der Waals surface area contributed by atoms with Crippen molar-refractivity contribution in [3.63, 3.8) is 0 Å². The second-order valence-corrected chi connectivity index (χ2v) is 8.76. The van der Waals surface area contributed by atoms with E-state index in [0.29, 0.717) is 36.1 Å². The maximum absolute atomic E-state index is 14.7. The van der Waals surface area contributed by atoms with Gasteiger partial charge in [0.2, 0.25) is 5.91 Å². The normalized spacial score (nSPS) is 16.1. The number of carbonyl (C=O) groups excluding carboxylic acids is 2. The van der Waals surface area contributed by atoms with E-state index in [0.717, 1.165) is 21.7 Å². The fraction of sp³-hybridized carbons (Fsp3) is 0.360. The number of carbonyl (C=O) groups is 2. The molecule has 1 unspecified atom stereocenters. The van der Waals surface area contributed by atoms with E-state index >= 15 is 0 Å². The highest BCUT2D eigenvalue weighted by Gasteiger charge is 2.26. The number of anilines is 2. The summed E-state index contributed by atoms with van der Waals surface area (Å²) >= 11 is 1.41. The summed E-state index contributed by atoms with van der Waals surface area (Å²) in [6.07, 6.45) is 6.44. The predicted octanol–water partition coefficient (Wildman–Crippen LogP) is 6.64. The Morgan fingerprint density at radius 1 is 1.39 bits per heavy atom. The van der Waals surface area contributed by atoms with Crippen LogP contribution in [0.4, 0.5) is 15.8 Å². The van der Waals surface area contributed by atoms with E-state index in [-0.39, 0.29) is 18.2 Å². The SMILES string of the molecule is C=CSc1c(C)c(NC(=O)C(/C=C\C)=C(/C=C)CC(C)(F)CC)cc2c1NC(=O)CC2. The van der Waals surface area contributed by atoms with Gasteiger partial charge in [0.05, 0.1) is 5.69 Å². The number of nitrogens with one attached hydrogen (secondary N) is 2. The molecular formula is C25H31FN2O2S. The Hall–Kier alpha value is -2.60. The Balaban J connectivity index is 2.50. The predicted molar refractivity (Wildman–Crippen MR) is 129 cm³/mol. The van der Waals surface area contributed by atoms with Crippen molar-refractivity contribution in [2.45, 2.75) is 63.9 Å². The van der Waals surface area contributed by atoms with Gasteiger partial charge in [0, 0.05) is 29.0 Å². The standard InChI is InChI=1S/C25H31FN2O2S/c1-7-11-19(17(8-2)15-25(6,26)9-3)24(30)27-20-14-18-12-13-21(29)28-22(18)23(16(20)5)31-10-4/h7-8,10-11,14H,2,4,9,12-13,15H2,1,3,5-6H3,(H,27,30)(H,28,29)/b11-7-,19-17-. The minimum Gasteiger partial charge on any atom is -0.325 e. The number of aryl methyl sites for hydroxylation is 1. The molecule has 1 aromatic rings. The second-order valence-electron chi connectivity index (χ2n) is 7.79. The van der Waals surface area contributed by atoms with Gasteiger partial charge in [-0.25, -0.2) is 4.39 Å². The molecule has 31 heavy (non-hydrogen) atoms. The molecule has 0 saturated heterocycles. The van der Waals surface area contributed by atoms with Crippen LogP contribution in [-0.2, 0) is 16.0 Å². The van der Waals surface area contributed by atoms with Crippen molar-refractivity contribution >= 4 is 35.0 Å². The highest BCUT2D eigenvalue weighted by atomic mass is 32.2. The lowest BCUT2D eigenvalue weighted by Crippen LogP contribution is -2.22. The van der Waals surface area contributed by atoms with Crippen LogP contribution in [0.1, 0.15) is 51.2 Å². The van der Waals surface area contributed by atoms with Crippen LogP contribution in [0.2, 0.25) is 0 Å². The zero-order chi connectivity index (χ0) is 23.2. The van der Waals surface area contributed by atoms with Gasteiger partial charge in [-0.2, -0.15) is 0 Å². The molecule has 1 atom stereocenters. The molecule has 0 aromatic heterocycles. The topological polar surface area (TPSA) is 58.2 Å². The van der Waals surface area contributed by atoms with Crippen LogP contribution in [0, 0.1) is 6.92 Å². The van der Waals surface area contributed by atoms with Crippen molar-refractivity contribution in [1.29, 1.82) is 0 Å². The van der Waals surface area contributed by atoms with Gasteiger partial charge in [0.15, 0.2) is 0 Å². The van der Waals surface area contributed by atoms with Crippen molar-refractivity contribution < 1.29 is 14.0 Å². The second kappa shape index (κ2) is 10.6. The molecule has 0 aliphatic carbocycles. The zero-order valence-electron chi connectivity index (χ0n) is 18.7. The molecule has 166 valence electrons. The number of allylic oxidation sites excluding steroid dienone is 3. The molecule has 0 fully saturated rings. The molecule has 1 aliphatic heterocycles. The third-order valence-corrected chi connectivity index (χ3v) is 6.33. The quantitative estimate of drug-likeness (QED) is 0.256. The fourth-order valence-corrected chi connectivity index (χ4v) is 4.19. The Morgan fingerprint density at radius 3 is 2.68 bits per heavy atom. The van der Waals surface area contributed by atoms with Gasteiger partial charge in [-0.15, -0.1) is 0 Å². The number of fused-ring (bicyclic) bond motifs is 1. The molecule has 4 nitrogen and oxygen atoms in total. The van der Waals surface area contributed by atoms with E-state index < -0.39 is 5.67 Å². The summed E-state index contributed by atoms with van der Waals surface area (Å²) < 4.78 is 14.7. The summed E-state index contributed by atoms with van der Waals surface area (Å²) in [5.74, 6) is -0.342. The Bertz CT molecular complexity index is 961. The lowest BCUT2D eigenvalue weighted by molar-refractivity contribution is -0.116. The maximum atomic E-state index is 14.7. The summed E-state index contributed by atoms with van der Waals surface area (Å²) in [6, 6.07) is 1.90. The first-order chi connectivity index (χ1) is 14.7. The van der Waals surface area contributed by atoms with Crippen molar-refractivity contribution in [3.05, 3.63) is 65.1 Å². The van der Waals surface area contributed by atoms with Gasteiger partial charge < -0.3 is 10.6 Å². The number of amides is 2. The van der Waals surface area contributed by atoms with Crippen LogP contribution in [0.5, 0.6) is 0 Å². The van der Waals surface area contributed by atoms with Gasteiger partial charge in [-0.3, -0.25) is 9.59 Å². The largest absolute Gasteiger partial charge is 0.325 e. The molecule has 6 heteroatoms. The molecule has 0 spiro atoms. The molecule has 0 bridgehead atoms. The monoisotopic (exact) mass is 442 g/mol. The third kappa shape index (κ3) is 5.97. The van der Waals surface area contributed by atoms with Gasteiger partial charge in [0.25, 0.3) is 5.91 Å². The van der Waals surface area contributed by atoms with Crippen LogP contribution in [0.3, 0.4) is 0 Å². The first-order valence-electron chi connectivity index (χ1n) is 10.4. The van der Waals surface area contributed by atoms with E-state index in [1.165, 1.54) is 18.7 Å². The average molecular weight is 443 g/mol. The average Bonchev–Trinajstić information content (AvgIpc) is 2.73. The first kappa shape index (κ1) is 24.7. The molecule has 2 N–H and O–H groups in total. The molecular weight excluding hydrogens is 411 g/mol. The number of hydrogen-bond donors (Lipinski definition) is 2. The molecule has 1 heterocycles. The number of rotatable bonds is 9. The number of thioether (sulfide) groups is 1. The Kier molecular flexibility index (Phi) is 8.45. The smallest absolute Gasteiger partial charge is 0.255 e. The van der Waals surface area contributed by atoms with E-state index in [1.54, 1.807) is 30.6 Å². The molecule has 0 radical (unpaired) electrons. The lowest BCUT2D eigenvalue weighted by atomic mass is 9.92. The number of hydrogen-bond acceptors (Lipinski definition) is 3. The van der Waals surface area contributed by atoms with Crippen LogP contribution in [0.25, 0.3) is 0 Å². The van der Waals surface area contributed by atoms with Gasteiger partial charge in [-0.1, -0.05) is 50.1 Å². The van der Waals surface area contributed by atoms with Crippen LogP contribution < -0.4 is 10.6 Å². The van der Waals surface area contributed by atoms with Gasteiger partial charge in [0.1, 0.15) is 5.67 Å². The lowest BCUT2D eigenvalue weighted by Gasteiger charge is -2.24. The Morgan fingerprint density at radius 2 is 2.10 bits per heavy atom. The molecule has 2 amide bonds. The summed E-state index contributed by atoms with van der Waals surface area (Å²) in [7, 11) is 0. The number of halogens is 1. The first-order valence-corrected chi connectivity index (χ1v) is 11.3. The maximum Gasteiger partial charge on any atom is 0.255 e. The van der Waals surface area contributed by atoms with Crippen LogP contribution >= 0.6 is 11.8 Å². The van der Waals surface area contributed by atoms with E-state index in [1.807, 2.05) is 19.9 Å². The third-order valence-electron chi connectivity index (χ3n) is 5.41. The highest BCUT2D eigenvalue weighted by Crippen LogP contribution is 2.41. The van der Waals surface area contributed by atoms with E-state index in [2.05, 4.69) is 23.8 Å². The van der Waals surface area contributed by atoms with Crippen LogP contribution in [-0.4, -0.2) is 17.5 Å². The van der Waals surface area contributed by atoms with Gasteiger partial charge >= 0.3 is 0 Å². The summed E-state index contributed by atoms with van der Waals surface area (Å²) in [4.78, 5) is 26.0. The summed E-state index contributed by atoms with van der Waals surface area (Å²) in [6.45, 7) is 14.6. The van der Waals surface area contributed by atoms with Crippen molar-refractivity contribution in [2.75, 3.05) is 10.6 Å². The molecule has 1 aliphatic rings. The minimum atomic E-state index is -1.43. The van der Waals surface area contributed by atoms with Gasteiger partial charge in [-0.05, 0) is 61.8 Å². The molecule has 2 rings (SSSR count). The fourth-order valence-electron chi connectivity index (χ4n) is 3.44. The minimum absolute atomic E-state index is 0.0197. The van der Waals surface area contributed by atoms with Crippen molar-refractivity contribution in [1.82, 2.24) is 0 Å². The molecule has 0 saturated carbocycles. The van der Waals surface area contributed by atoms with Crippen molar-refractivity contribution in [2.24, 2.45) is 0 Å². The summed E-state index contributed by atoms with van der Waals surface area (Å²) in [5, 5.41) is 7.63. The van der Waals surface area contributed by atoms with E-state index in [9.17, 15) is 14.0 Å². The van der Waals surface area contributed by atoms with Crippen LogP contribution in [0.15, 0.2) is 58.9 Å².